The van der Waals surface area contributed by atoms with Crippen LogP contribution in [0.3, 0.4) is 0 Å². The molecule has 2 atom stereocenters. The molecule has 1 rings (SSSR count). The third-order valence-electron chi connectivity index (χ3n) is 2.03. The van der Waals surface area contributed by atoms with Crippen molar-refractivity contribution >= 4 is 5.97 Å². The second kappa shape index (κ2) is 5.16. The fourth-order valence-corrected chi connectivity index (χ4v) is 1.15. The van der Waals surface area contributed by atoms with Gasteiger partial charge in [0.2, 0.25) is 0 Å². The molecule has 5 nitrogen and oxygen atoms in total. The molecule has 0 aliphatic carbocycles. The van der Waals surface area contributed by atoms with Gasteiger partial charge in [0.1, 0.15) is 6.04 Å². The van der Waals surface area contributed by atoms with E-state index < -0.39 is 12.0 Å². The van der Waals surface area contributed by atoms with Gasteiger partial charge in [0.25, 0.3) is 0 Å². The van der Waals surface area contributed by atoms with Crippen molar-refractivity contribution < 1.29 is 19.4 Å². The summed E-state index contributed by atoms with van der Waals surface area (Å²) in [5.74, 6) is -0.888. The van der Waals surface area contributed by atoms with Gasteiger partial charge in [-0.25, -0.2) is 0 Å². The highest BCUT2D eigenvalue weighted by Gasteiger charge is 2.20. The topological polar surface area (TPSA) is 67.8 Å². The van der Waals surface area contributed by atoms with E-state index in [1.165, 1.54) is 0 Å². The van der Waals surface area contributed by atoms with Gasteiger partial charge in [-0.05, 0) is 13.5 Å². The van der Waals surface area contributed by atoms with Crippen molar-refractivity contribution in [2.24, 2.45) is 0 Å². The maximum Gasteiger partial charge on any atom is 0.323 e. The van der Waals surface area contributed by atoms with Gasteiger partial charge in [-0.15, -0.1) is 0 Å². The Morgan fingerprint density at radius 2 is 2.62 bits per heavy atom. The van der Waals surface area contributed by atoms with Crippen molar-refractivity contribution in [1.29, 1.82) is 0 Å². The summed E-state index contributed by atoms with van der Waals surface area (Å²) in [7, 11) is 1.60. The molecule has 0 aromatic heterocycles. The Balaban J connectivity index is 2.18. The largest absolute Gasteiger partial charge is 0.480 e. The molecule has 13 heavy (non-hydrogen) atoms. The molecule has 1 aliphatic heterocycles. The van der Waals surface area contributed by atoms with Crippen LogP contribution >= 0.6 is 0 Å². The highest BCUT2D eigenvalue weighted by Crippen LogP contribution is 2.08. The summed E-state index contributed by atoms with van der Waals surface area (Å²) < 4.78 is 10.4. The van der Waals surface area contributed by atoms with E-state index in [0.717, 1.165) is 6.42 Å². The highest BCUT2D eigenvalue weighted by molar-refractivity contribution is 5.73. The third kappa shape index (κ3) is 3.30. The number of rotatable bonds is 5. The lowest BCUT2D eigenvalue weighted by atomic mass is 10.3. The molecule has 0 spiro atoms. The van der Waals surface area contributed by atoms with Gasteiger partial charge >= 0.3 is 5.97 Å². The van der Waals surface area contributed by atoms with Crippen LogP contribution in [-0.4, -0.2) is 50.1 Å². The first-order valence-electron chi connectivity index (χ1n) is 4.33. The first kappa shape index (κ1) is 10.4. The van der Waals surface area contributed by atoms with Gasteiger partial charge in [0, 0.05) is 6.61 Å². The van der Waals surface area contributed by atoms with Crippen LogP contribution < -0.4 is 5.32 Å². The van der Waals surface area contributed by atoms with Crippen LogP contribution in [-0.2, 0) is 14.3 Å². The van der Waals surface area contributed by atoms with E-state index in [2.05, 4.69) is 5.32 Å². The number of aliphatic carboxylic acids is 1. The van der Waals surface area contributed by atoms with Gasteiger partial charge in [-0.2, -0.15) is 0 Å². The van der Waals surface area contributed by atoms with Crippen molar-refractivity contribution in [2.45, 2.75) is 18.6 Å². The molecule has 5 heteroatoms. The molecule has 0 aromatic carbocycles. The van der Waals surface area contributed by atoms with Crippen LogP contribution in [0, 0.1) is 0 Å². The van der Waals surface area contributed by atoms with Gasteiger partial charge < -0.3 is 19.9 Å². The molecule has 0 saturated carbocycles. The first-order valence-corrected chi connectivity index (χ1v) is 4.33. The molecule has 1 aliphatic rings. The lowest BCUT2D eigenvalue weighted by Gasteiger charge is -2.14. The number of ether oxygens (including phenoxy) is 2. The van der Waals surface area contributed by atoms with Crippen LogP contribution in [0.2, 0.25) is 0 Å². The molecular weight excluding hydrogens is 174 g/mol. The predicted octanol–water partition coefficient (Wildman–Crippen LogP) is -0.536. The monoisotopic (exact) mass is 189 g/mol. The number of carboxylic acid groups (broad SMARTS) is 1. The van der Waals surface area contributed by atoms with Gasteiger partial charge in [0.15, 0.2) is 0 Å². The quantitative estimate of drug-likeness (QED) is 0.608. The molecule has 2 N–H and O–H groups in total. The number of hydrogen-bond donors (Lipinski definition) is 2. The Hall–Kier alpha value is -0.650. The van der Waals surface area contributed by atoms with E-state index in [9.17, 15) is 4.79 Å². The zero-order valence-corrected chi connectivity index (χ0v) is 7.66. The van der Waals surface area contributed by atoms with Crippen LogP contribution in [0.1, 0.15) is 6.42 Å². The second-order valence-electron chi connectivity index (χ2n) is 3.00. The molecule has 0 amide bonds. The van der Waals surface area contributed by atoms with E-state index in [1.807, 2.05) is 0 Å². The second-order valence-corrected chi connectivity index (χ2v) is 3.00. The fraction of sp³-hybridized carbons (Fsp3) is 0.875. The van der Waals surface area contributed by atoms with E-state index in [4.69, 9.17) is 14.6 Å². The molecule has 1 fully saturated rings. The van der Waals surface area contributed by atoms with Gasteiger partial charge in [0.05, 0.1) is 19.3 Å². The zero-order valence-electron chi connectivity index (χ0n) is 7.66. The van der Waals surface area contributed by atoms with Crippen molar-refractivity contribution in [3.8, 4) is 0 Å². The van der Waals surface area contributed by atoms with E-state index in [-0.39, 0.29) is 12.7 Å². The van der Waals surface area contributed by atoms with E-state index in [0.29, 0.717) is 13.2 Å². The fourth-order valence-electron chi connectivity index (χ4n) is 1.15. The van der Waals surface area contributed by atoms with Crippen molar-refractivity contribution in [3.05, 3.63) is 0 Å². The van der Waals surface area contributed by atoms with Crippen molar-refractivity contribution in [3.63, 3.8) is 0 Å². The number of carboxylic acids is 1. The number of carbonyl (C=O) groups is 1. The molecule has 0 aromatic rings. The summed E-state index contributed by atoms with van der Waals surface area (Å²) in [5, 5.41) is 11.3. The van der Waals surface area contributed by atoms with Crippen molar-refractivity contribution in [1.82, 2.24) is 5.32 Å². The van der Waals surface area contributed by atoms with Crippen LogP contribution in [0.5, 0.6) is 0 Å². The number of likely N-dealkylation sites (N-methyl/N-ethyl adjacent to an activating group) is 1. The zero-order chi connectivity index (χ0) is 9.68. The molecule has 0 radical (unpaired) electrons. The molecule has 76 valence electrons. The Morgan fingerprint density at radius 3 is 3.08 bits per heavy atom. The predicted molar refractivity (Wildman–Crippen MR) is 45.7 cm³/mol. The first-order chi connectivity index (χ1) is 6.24. The smallest absolute Gasteiger partial charge is 0.323 e. The average molecular weight is 189 g/mol. The normalized spacial score (nSPS) is 24.5. The van der Waals surface area contributed by atoms with Crippen LogP contribution in [0.15, 0.2) is 0 Å². The summed E-state index contributed by atoms with van der Waals surface area (Å²) in [6.07, 6.45) is 0.922. The van der Waals surface area contributed by atoms with Gasteiger partial charge in [-0.1, -0.05) is 0 Å². The number of hydrogen-bond acceptors (Lipinski definition) is 4. The summed E-state index contributed by atoms with van der Waals surface area (Å²) >= 11 is 0. The Kier molecular flexibility index (Phi) is 4.14. The average Bonchev–Trinajstić information content (AvgIpc) is 2.57. The Morgan fingerprint density at radius 1 is 1.85 bits per heavy atom. The Bertz CT molecular complexity index is 168. The molecule has 1 saturated heterocycles. The maximum atomic E-state index is 10.6. The summed E-state index contributed by atoms with van der Waals surface area (Å²) in [6, 6.07) is -0.624. The maximum absolute atomic E-state index is 10.6. The molecular formula is C8H15NO4. The van der Waals surface area contributed by atoms with Gasteiger partial charge in [-0.3, -0.25) is 4.79 Å². The minimum absolute atomic E-state index is 0.0650. The summed E-state index contributed by atoms with van der Waals surface area (Å²) in [5.41, 5.74) is 0. The molecule has 2 unspecified atom stereocenters. The minimum atomic E-state index is -0.888. The van der Waals surface area contributed by atoms with E-state index >= 15 is 0 Å². The SMILES string of the molecule is CNC(COC1CCOC1)C(=O)O. The molecule has 0 bridgehead atoms. The number of nitrogens with one attached hydrogen (secondary N) is 1. The summed E-state index contributed by atoms with van der Waals surface area (Å²) in [6.45, 7) is 1.48. The Labute approximate surface area is 77.0 Å². The third-order valence-corrected chi connectivity index (χ3v) is 2.03. The lowest BCUT2D eigenvalue weighted by molar-refractivity contribution is -0.141. The van der Waals surface area contributed by atoms with Crippen LogP contribution in [0.25, 0.3) is 0 Å². The molecule has 1 heterocycles. The van der Waals surface area contributed by atoms with Crippen LogP contribution in [0.4, 0.5) is 0 Å². The van der Waals surface area contributed by atoms with Crippen molar-refractivity contribution in [2.75, 3.05) is 26.9 Å². The van der Waals surface area contributed by atoms with E-state index in [1.54, 1.807) is 7.05 Å². The minimum Gasteiger partial charge on any atom is -0.480 e. The highest BCUT2D eigenvalue weighted by atomic mass is 16.5. The lowest BCUT2D eigenvalue weighted by Crippen LogP contribution is -2.39. The standard InChI is InChI=1S/C8H15NO4/c1-9-7(8(10)11)5-13-6-2-3-12-4-6/h6-7,9H,2-5H2,1H3,(H,10,11). The summed E-state index contributed by atoms with van der Waals surface area (Å²) in [4.78, 5) is 10.6.